The van der Waals surface area contributed by atoms with Crippen molar-refractivity contribution in [1.29, 1.82) is 0 Å². The minimum absolute atomic E-state index is 0.153. The van der Waals surface area contributed by atoms with Gasteiger partial charge >= 0.3 is 0 Å². The minimum Gasteiger partial charge on any atom is -0.362 e. The van der Waals surface area contributed by atoms with Gasteiger partial charge in [0.05, 0.1) is 5.52 Å². The summed E-state index contributed by atoms with van der Waals surface area (Å²) in [5, 5.41) is 1.00. The summed E-state index contributed by atoms with van der Waals surface area (Å²) in [5.74, 6) is 2.66. The van der Waals surface area contributed by atoms with Gasteiger partial charge in [0.15, 0.2) is 5.82 Å². The normalized spacial score (nSPS) is 14.4. The highest BCUT2D eigenvalue weighted by Crippen LogP contribution is 2.22. The van der Waals surface area contributed by atoms with Gasteiger partial charge in [-0.05, 0) is 37.1 Å². The van der Waals surface area contributed by atoms with Crippen LogP contribution >= 0.6 is 0 Å². The lowest BCUT2D eigenvalue weighted by molar-refractivity contribution is 0.916. The molecule has 1 N–H and O–H groups in total. The highest BCUT2D eigenvalue weighted by molar-refractivity contribution is 5.90. The van der Waals surface area contributed by atoms with Gasteiger partial charge in [-0.15, -0.1) is 0 Å². The Morgan fingerprint density at radius 1 is 1.07 bits per heavy atom. The third-order valence-corrected chi connectivity index (χ3v) is 4.59. The number of nitrogens with one attached hydrogen (secondary N) is 1. The van der Waals surface area contributed by atoms with Crippen molar-refractivity contribution in [2.24, 2.45) is 0 Å². The fourth-order valence-corrected chi connectivity index (χ4v) is 3.30. The van der Waals surface area contributed by atoms with Crippen molar-refractivity contribution in [2.75, 3.05) is 37.0 Å². The van der Waals surface area contributed by atoms with Crippen molar-refractivity contribution < 1.29 is 0 Å². The Hall–Kier alpha value is -3.22. The third-order valence-electron chi connectivity index (χ3n) is 4.59. The molecular weight excluding hydrogens is 340 g/mol. The number of nitrogens with zero attached hydrogens (tertiary/aromatic N) is 5. The maximum atomic E-state index is 12.0. The molecule has 138 valence electrons. The number of fused-ring (bicyclic) bond motifs is 1. The van der Waals surface area contributed by atoms with Gasteiger partial charge in [0.2, 0.25) is 0 Å². The maximum absolute atomic E-state index is 12.0. The van der Waals surface area contributed by atoms with E-state index in [0.29, 0.717) is 11.6 Å². The molecule has 3 aromatic rings. The lowest BCUT2D eigenvalue weighted by Crippen LogP contribution is -2.22. The molecule has 7 heteroatoms. The molecule has 7 nitrogen and oxygen atoms in total. The van der Waals surface area contributed by atoms with Gasteiger partial charge in [-0.1, -0.05) is 12.1 Å². The second-order valence-corrected chi connectivity index (χ2v) is 6.83. The van der Waals surface area contributed by atoms with E-state index in [1.165, 1.54) is 0 Å². The monoisotopic (exact) mass is 362 g/mol. The molecule has 3 heterocycles. The van der Waals surface area contributed by atoms with E-state index in [4.69, 9.17) is 0 Å². The number of para-hydroxylation sites is 1. The van der Waals surface area contributed by atoms with E-state index in [1.807, 2.05) is 43.3 Å². The van der Waals surface area contributed by atoms with Gasteiger partial charge in [0.1, 0.15) is 17.5 Å². The molecule has 0 bridgehead atoms. The molecule has 1 fully saturated rings. The first kappa shape index (κ1) is 17.2. The van der Waals surface area contributed by atoms with Crippen LogP contribution in [0.1, 0.15) is 24.5 Å². The Morgan fingerprint density at radius 3 is 2.63 bits per heavy atom. The lowest BCUT2D eigenvalue weighted by Gasteiger charge is -2.16. The fourth-order valence-electron chi connectivity index (χ4n) is 3.30. The summed E-state index contributed by atoms with van der Waals surface area (Å²) in [6, 6.07) is 9.47. The van der Waals surface area contributed by atoms with Gasteiger partial charge in [0, 0.05) is 38.6 Å². The van der Waals surface area contributed by atoms with Crippen molar-refractivity contribution in [3.63, 3.8) is 0 Å². The van der Waals surface area contributed by atoms with Crippen LogP contribution in [0.2, 0.25) is 0 Å². The number of aromatic amines is 1. The van der Waals surface area contributed by atoms with Crippen molar-refractivity contribution in [2.45, 2.75) is 12.8 Å². The number of hydrogen-bond donors (Lipinski definition) is 1. The summed E-state index contributed by atoms with van der Waals surface area (Å²) < 4.78 is 0. The molecule has 1 aromatic carbocycles. The zero-order valence-corrected chi connectivity index (χ0v) is 15.5. The number of H-pyrrole nitrogens is 1. The average Bonchev–Trinajstić information content (AvgIpc) is 3.20. The van der Waals surface area contributed by atoms with Crippen LogP contribution in [0.15, 0.2) is 35.1 Å². The molecule has 1 saturated heterocycles. The first-order valence-electron chi connectivity index (χ1n) is 9.09. The van der Waals surface area contributed by atoms with E-state index >= 15 is 0 Å². The largest absolute Gasteiger partial charge is 0.362 e. The van der Waals surface area contributed by atoms with Crippen molar-refractivity contribution in [3.05, 3.63) is 52.3 Å². The van der Waals surface area contributed by atoms with Crippen LogP contribution < -0.4 is 15.4 Å². The molecule has 4 rings (SSSR count). The van der Waals surface area contributed by atoms with Crippen LogP contribution in [0.25, 0.3) is 23.1 Å². The van der Waals surface area contributed by atoms with Crippen LogP contribution in [-0.4, -0.2) is 47.1 Å². The summed E-state index contributed by atoms with van der Waals surface area (Å²) in [5.41, 5.74) is 0.725. The molecule has 0 atom stereocenters. The molecule has 0 unspecified atom stereocenters. The summed E-state index contributed by atoms with van der Waals surface area (Å²) >= 11 is 0. The third kappa shape index (κ3) is 3.67. The summed E-state index contributed by atoms with van der Waals surface area (Å²) in [6.07, 6.45) is 5.81. The number of aromatic nitrogens is 4. The Labute approximate surface area is 157 Å². The zero-order chi connectivity index (χ0) is 18.8. The van der Waals surface area contributed by atoms with Crippen molar-refractivity contribution in [1.82, 2.24) is 19.9 Å². The van der Waals surface area contributed by atoms with E-state index in [0.717, 1.165) is 48.5 Å². The summed E-state index contributed by atoms with van der Waals surface area (Å²) in [6.45, 7) is 1.89. The molecule has 27 heavy (non-hydrogen) atoms. The lowest BCUT2D eigenvalue weighted by atomic mass is 10.2. The topological polar surface area (TPSA) is 78.0 Å². The first-order chi connectivity index (χ1) is 13.1. The Morgan fingerprint density at radius 2 is 1.85 bits per heavy atom. The van der Waals surface area contributed by atoms with Gasteiger partial charge in [-0.3, -0.25) is 4.79 Å². The minimum atomic E-state index is -0.153. The van der Waals surface area contributed by atoms with E-state index in [2.05, 4.69) is 24.8 Å². The van der Waals surface area contributed by atoms with Crippen LogP contribution in [0.5, 0.6) is 0 Å². The SMILES string of the molecule is CN(C)c1nc(/C=C/c2nc(N3CCCC3)cc(=O)[nH]2)nc2ccccc12. The second kappa shape index (κ2) is 7.19. The predicted molar refractivity (Wildman–Crippen MR) is 109 cm³/mol. The van der Waals surface area contributed by atoms with E-state index in [1.54, 1.807) is 18.2 Å². The molecular formula is C20H22N6O. The maximum Gasteiger partial charge on any atom is 0.253 e. The van der Waals surface area contributed by atoms with Crippen molar-refractivity contribution >= 4 is 34.7 Å². The standard InChI is InChI=1S/C20H22N6O/c1-25(2)20-14-7-3-4-8-15(14)21-16(24-20)9-10-17-22-18(13-19(27)23-17)26-11-5-6-12-26/h3-4,7-10,13H,5-6,11-12H2,1-2H3,(H,22,23,27)/b10-9+. The number of hydrogen-bond acceptors (Lipinski definition) is 6. The summed E-state index contributed by atoms with van der Waals surface area (Å²) in [4.78, 5) is 32.7. The molecule has 0 spiro atoms. The zero-order valence-electron chi connectivity index (χ0n) is 15.5. The van der Waals surface area contributed by atoms with Crippen molar-refractivity contribution in [3.8, 4) is 0 Å². The smallest absolute Gasteiger partial charge is 0.253 e. The highest BCUT2D eigenvalue weighted by Gasteiger charge is 2.14. The molecule has 0 aliphatic carbocycles. The molecule has 1 aliphatic rings. The quantitative estimate of drug-likeness (QED) is 0.768. The van der Waals surface area contributed by atoms with Gasteiger partial charge in [-0.2, -0.15) is 0 Å². The first-order valence-corrected chi connectivity index (χ1v) is 9.09. The van der Waals surface area contributed by atoms with Gasteiger partial charge < -0.3 is 14.8 Å². The van der Waals surface area contributed by atoms with Crippen LogP contribution in [-0.2, 0) is 0 Å². The molecule has 0 amide bonds. The predicted octanol–water partition coefficient (Wildman–Crippen LogP) is 2.55. The van der Waals surface area contributed by atoms with Gasteiger partial charge in [-0.25, -0.2) is 15.0 Å². The number of rotatable bonds is 4. The Bertz CT molecular complexity index is 1050. The van der Waals surface area contributed by atoms with Gasteiger partial charge in [0.25, 0.3) is 5.56 Å². The Kier molecular flexibility index (Phi) is 4.58. The van der Waals surface area contributed by atoms with E-state index in [9.17, 15) is 4.79 Å². The van der Waals surface area contributed by atoms with Crippen LogP contribution in [0, 0.1) is 0 Å². The average molecular weight is 362 g/mol. The fraction of sp³-hybridized carbons (Fsp3) is 0.300. The second-order valence-electron chi connectivity index (χ2n) is 6.83. The van der Waals surface area contributed by atoms with Crippen LogP contribution in [0.3, 0.4) is 0 Å². The van der Waals surface area contributed by atoms with Crippen LogP contribution in [0.4, 0.5) is 11.6 Å². The summed E-state index contributed by atoms with van der Waals surface area (Å²) in [7, 11) is 3.92. The molecule has 0 saturated carbocycles. The Balaban J connectivity index is 1.69. The molecule has 2 aromatic heterocycles. The molecule has 1 aliphatic heterocycles. The molecule has 0 radical (unpaired) electrons. The highest BCUT2D eigenvalue weighted by atomic mass is 16.1. The van der Waals surface area contributed by atoms with E-state index < -0.39 is 0 Å². The number of anilines is 2. The van der Waals surface area contributed by atoms with E-state index in [-0.39, 0.29) is 5.56 Å². The number of benzene rings is 1.